The zero-order valence-corrected chi connectivity index (χ0v) is 16.5. The maximum absolute atomic E-state index is 13.0. The van der Waals surface area contributed by atoms with E-state index < -0.39 is 17.8 Å². The van der Waals surface area contributed by atoms with Gasteiger partial charge in [0.2, 0.25) is 5.75 Å². The number of phenolic OH excluding ortho intramolecular Hbond substituents is 1. The number of amides is 4. The first-order valence-electron chi connectivity index (χ1n) is 8.40. The number of methoxy groups -OCH3 is 2. The second-order valence-electron chi connectivity index (χ2n) is 6.12. The monoisotopic (exact) mass is 416 g/mol. The van der Waals surface area contributed by atoms with Gasteiger partial charge in [0.1, 0.15) is 5.57 Å². The van der Waals surface area contributed by atoms with Gasteiger partial charge in [-0.1, -0.05) is 17.7 Å². The Morgan fingerprint density at radius 3 is 2.31 bits per heavy atom. The molecule has 2 aromatic carbocycles. The molecule has 0 saturated carbocycles. The quantitative estimate of drug-likeness (QED) is 0.586. The van der Waals surface area contributed by atoms with Crippen LogP contribution in [-0.2, 0) is 9.59 Å². The Morgan fingerprint density at radius 2 is 1.72 bits per heavy atom. The highest BCUT2D eigenvalue weighted by Crippen LogP contribution is 2.38. The number of nitrogens with zero attached hydrogens (tertiary/aromatic N) is 1. The molecule has 1 fully saturated rings. The van der Waals surface area contributed by atoms with E-state index in [1.807, 2.05) is 0 Å². The Bertz CT molecular complexity index is 1040. The van der Waals surface area contributed by atoms with Crippen LogP contribution in [-0.4, -0.2) is 37.2 Å². The molecule has 1 aliphatic rings. The zero-order chi connectivity index (χ0) is 21.3. The maximum atomic E-state index is 13.0. The third-order valence-corrected chi connectivity index (χ3v) is 4.80. The fourth-order valence-corrected chi connectivity index (χ4v) is 3.05. The topological polar surface area (TPSA) is 105 Å². The molecule has 0 spiro atoms. The minimum absolute atomic E-state index is 0.0958. The summed E-state index contributed by atoms with van der Waals surface area (Å²) in [7, 11) is 2.71. The van der Waals surface area contributed by atoms with Crippen LogP contribution in [0.4, 0.5) is 10.5 Å². The first-order valence-corrected chi connectivity index (χ1v) is 8.77. The Balaban J connectivity index is 2.10. The summed E-state index contributed by atoms with van der Waals surface area (Å²) in [6.45, 7) is 1.66. The molecule has 2 N–H and O–H groups in total. The van der Waals surface area contributed by atoms with Crippen molar-refractivity contribution in [2.24, 2.45) is 0 Å². The largest absolute Gasteiger partial charge is 0.502 e. The van der Waals surface area contributed by atoms with E-state index in [1.165, 1.54) is 32.4 Å². The summed E-state index contributed by atoms with van der Waals surface area (Å²) in [6, 6.07) is 6.76. The summed E-state index contributed by atoms with van der Waals surface area (Å²) >= 11 is 6.10. The summed E-state index contributed by atoms with van der Waals surface area (Å²) in [5.41, 5.74) is 0.851. The molecule has 1 saturated heterocycles. The lowest BCUT2D eigenvalue weighted by Gasteiger charge is -2.27. The molecule has 0 radical (unpaired) electrons. The summed E-state index contributed by atoms with van der Waals surface area (Å²) < 4.78 is 10.2. The predicted molar refractivity (Wildman–Crippen MR) is 106 cm³/mol. The molecule has 1 heterocycles. The van der Waals surface area contributed by atoms with E-state index in [4.69, 9.17) is 21.1 Å². The second-order valence-corrected chi connectivity index (χ2v) is 6.52. The smallest absolute Gasteiger partial charge is 0.335 e. The van der Waals surface area contributed by atoms with Crippen molar-refractivity contribution in [1.82, 2.24) is 5.32 Å². The van der Waals surface area contributed by atoms with Gasteiger partial charge in [0.05, 0.1) is 19.9 Å². The molecule has 29 heavy (non-hydrogen) atoms. The van der Waals surface area contributed by atoms with E-state index in [2.05, 4.69) is 5.32 Å². The molecule has 0 unspecified atom stereocenters. The van der Waals surface area contributed by atoms with Crippen LogP contribution < -0.4 is 19.7 Å². The number of phenols is 1. The highest BCUT2D eigenvalue weighted by molar-refractivity contribution is 6.40. The molecule has 8 nitrogen and oxygen atoms in total. The number of urea groups is 1. The summed E-state index contributed by atoms with van der Waals surface area (Å²) in [6.07, 6.45) is 1.28. The molecule has 2 aromatic rings. The third kappa shape index (κ3) is 3.62. The average molecular weight is 417 g/mol. The molecule has 150 valence electrons. The second kappa shape index (κ2) is 7.84. The van der Waals surface area contributed by atoms with Crippen LogP contribution in [0.3, 0.4) is 0 Å². The number of halogens is 1. The average Bonchev–Trinajstić information content (AvgIpc) is 2.69. The number of ether oxygens (including phenoxy) is 2. The van der Waals surface area contributed by atoms with Crippen LogP contribution in [0.25, 0.3) is 6.08 Å². The Morgan fingerprint density at radius 1 is 1.10 bits per heavy atom. The fraction of sp³-hybridized carbons (Fsp3) is 0.150. The maximum Gasteiger partial charge on any atom is 0.335 e. The normalized spacial score (nSPS) is 15.5. The molecule has 4 amide bonds. The van der Waals surface area contributed by atoms with Crippen LogP contribution in [0, 0.1) is 6.92 Å². The fourth-order valence-electron chi connectivity index (χ4n) is 2.88. The number of rotatable bonds is 4. The van der Waals surface area contributed by atoms with Crippen LogP contribution in [0.2, 0.25) is 5.02 Å². The zero-order valence-electron chi connectivity index (χ0n) is 15.8. The van der Waals surface area contributed by atoms with Gasteiger partial charge in [-0.25, -0.2) is 9.69 Å². The minimum Gasteiger partial charge on any atom is -0.502 e. The molecule has 0 aliphatic carbocycles. The number of carbonyl (C=O) groups excluding carboxylic acids is 3. The van der Waals surface area contributed by atoms with Crippen LogP contribution in [0.15, 0.2) is 35.9 Å². The van der Waals surface area contributed by atoms with Crippen molar-refractivity contribution in [3.05, 3.63) is 52.1 Å². The Kier molecular flexibility index (Phi) is 5.47. The first-order chi connectivity index (χ1) is 13.8. The SMILES string of the molecule is COc1cc(/C=C2\C(=O)NC(=O)N(c3cccc(Cl)c3C)C2=O)cc(OC)c1O. The minimum atomic E-state index is -0.872. The van der Waals surface area contributed by atoms with Crippen molar-refractivity contribution >= 4 is 41.2 Å². The lowest BCUT2D eigenvalue weighted by molar-refractivity contribution is -0.122. The van der Waals surface area contributed by atoms with E-state index in [-0.39, 0.29) is 28.5 Å². The molecule has 0 atom stereocenters. The van der Waals surface area contributed by atoms with Gasteiger partial charge in [-0.3, -0.25) is 14.9 Å². The van der Waals surface area contributed by atoms with Crippen molar-refractivity contribution in [2.75, 3.05) is 19.1 Å². The number of hydrogen-bond donors (Lipinski definition) is 2. The van der Waals surface area contributed by atoms with Crippen LogP contribution in [0.5, 0.6) is 17.2 Å². The van der Waals surface area contributed by atoms with Gasteiger partial charge in [-0.2, -0.15) is 0 Å². The van der Waals surface area contributed by atoms with E-state index in [0.29, 0.717) is 16.1 Å². The van der Waals surface area contributed by atoms with Gasteiger partial charge < -0.3 is 14.6 Å². The van der Waals surface area contributed by atoms with E-state index in [9.17, 15) is 19.5 Å². The summed E-state index contributed by atoms with van der Waals surface area (Å²) in [5.74, 6) is -1.68. The van der Waals surface area contributed by atoms with Crippen molar-refractivity contribution < 1.29 is 29.0 Å². The molecule has 0 bridgehead atoms. The van der Waals surface area contributed by atoms with Gasteiger partial charge in [0.15, 0.2) is 11.5 Å². The first kappa shape index (κ1) is 20.2. The summed E-state index contributed by atoms with van der Waals surface area (Å²) in [4.78, 5) is 38.6. The number of benzene rings is 2. The van der Waals surface area contributed by atoms with E-state index >= 15 is 0 Å². The van der Waals surface area contributed by atoms with Crippen molar-refractivity contribution in [1.29, 1.82) is 0 Å². The molecular formula is C20H17ClN2O6. The third-order valence-electron chi connectivity index (χ3n) is 4.39. The highest BCUT2D eigenvalue weighted by Gasteiger charge is 2.37. The predicted octanol–water partition coefficient (Wildman–Crippen LogP) is 3.04. The number of barbiturate groups is 1. The molecular weight excluding hydrogens is 400 g/mol. The van der Waals surface area contributed by atoms with Crippen molar-refractivity contribution in [3.8, 4) is 17.2 Å². The van der Waals surface area contributed by atoms with Gasteiger partial charge in [0, 0.05) is 5.02 Å². The van der Waals surface area contributed by atoms with Crippen molar-refractivity contribution in [2.45, 2.75) is 6.92 Å². The van der Waals surface area contributed by atoms with E-state index in [0.717, 1.165) is 4.90 Å². The molecule has 1 aliphatic heterocycles. The van der Waals surface area contributed by atoms with Crippen LogP contribution >= 0.6 is 11.6 Å². The Hall–Kier alpha value is -3.52. The number of aromatic hydroxyl groups is 1. The van der Waals surface area contributed by atoms with Gasteiger partial charge in [-0.15, -0.1) is 0 Å². The summed E-state index contributed by atoms with van der Waals surface area (Å²) in [5, 5.41) is 12.5. The van der Waals surface area contributed by atoms with Crippen molar-refractivity contribution in [3.63, 3.8) is 0 Å². The lowest BCUT2D eigenvalue weighted by Crippen LogP contribution is -2.54. The molecule has 0 aromatic heterocycles. The number of anilines is 1. The van der Waals surface area contributed by atoms with E-state index in [1.54, 1.807) is 25.1 Å². The number of carbonyl (C=O) groups is 3. The number of nitrogens with one attached hydrogen (secondary N) is 1. The molecule has 3 rings (SSSR count). The Labute approximate surface area is 171 Å². The highest BCUT2D eigenvalue weighted by atomic mass is 35.5. The van der Waals surface area contributed by atoms with Gasteiger partial charge in [0.25, 0.3) is 11.8 Å². The van der Waals surface area contributed by atoms with Gasteiger partial charge in [-0.05, 0) is 48.4 Å². The molecule has 9 heteroatoms. The van der Waals surface area contributed by atoms with Gasteiger partial charge >= 0.3 is 6.03 Å². The standard InChI is InChI=1S/C20H17ClN2O6/c1-10-13(21)5-4-6-14(10)23-19(26)12(18(25)22-20(23)27)7-11-8-15(28-2)17(24)16(9-11)29-3/h4-9,24H,1-3H3,(H,22,25,27)/b12-7+. The number of imide groups is 2. The lowest BCUT2D eigenvalue weighted by atomic mass is 10.0. The van der Waals surface area contributed by atoms with Crippen LogP contribution in [0.1, 0.15) is 11.1 Å². The number of hydrogen-bond acceptors (Lipinski definition) is 6.